The first kappa shape index (κ1) is 13.1. The molecule has 2 rings (SSSR count). The minimum Gasteiger partial charge on any atom is -0.465 e. The first-order chi connectivity index (χ1) is 8.69. The average Bonchev–Trinajstić information content (AvgIpc) is 2.41. The molecule has 1 saturated heterocycles. The van der Waals surface area contributed by atoms with Crippen LogP contribution in [0.5, 0.6) is 0 Å². The van der Waals surface area contributed by atoms with E-state index < -0.39 is 0 Å². The number of ether oxygens (including phenoxy) is 1. The molecule has 1 heterocycles. The van der Waals surface area contributed by atoms with Gasteiger partial charge in [0.05, 0.1) is 12.7 Å². The van der Waals surface area contributed by atoms with Gasteiger partial charge in [-0.1, -0.05) is 12.1 Å². The number of esters is 1. The van der Waals surface area contributed by atoms with Gasteiger partial charge in [0.25, 0.3) is 0 Å². The SMILES string of the molecule is COC(=O)c1ccc(CN2CCN(C)CC2)cc1. The fraction of sp³-hybridized carbons (Fsp3) is 0.500. The normalized spacial score (nSPS) is 17.7. The maximum atomic E-state index is 11.3. The standard InChI is InChI=1S/C14H20N2O2/c1-15-7-9-16(10-8-15)11-12-3-5-13(6-4-12)14(17)18-2/h3-6H,7-11H2,1-2H3. The van der Waals surface area contributed by atoms with Crippen LogP contribution in [-0.2, 0) is 11.3 Å². The lowest BCUT2D eigenvalue weighted by atomic mass is 10.1. The van der Waals surface area contributed by atoms with Gasteiger partial charge >= 0.3 is 5.97 Å². The maximum absolute atomic E-state index is 11.3. The number of carbonyl (C=O) groups is 1. The summed E-state index contributed by atoms with van der Waals surface area (Å²) in [5.74, 6) is -0.277. The number of methoxy groups -OCH3 is 1. The molecule has 1 aliphatic rings. The Balaban J connectivity index is 1.92. The van der Waals surface area contributed by atoms with Crippen molar-refractivity contribution in [3.8, 4) is 0 Å². The minimum atomic E-state index is -0.277. The Morgan fingerprint density at radius 2 is 1.78 bits per heavy atom. The van der Waals surface area contributed by atoms with Crippen LogP contribution in [-0.4, -0.2) is 56.1 Å². The lowest BCUT2D eigenvalue weighted by Gasteiger charge is -2.32. The Morgan fingerprint density at radius 3 is 2.33 bits per heavy atom. The summed E-state index contributed by atoms with van der Waals surface area (Å²) in [5.41, 5.74) is 1.85. The van der Waals surface area contributed by atoms with Gasteiger partial charge in [0.15, 0.2) is 0 Å². The third-order valence-electron chi connectivity index (χ3n) is 3.38. The molecule has 0 spiro atoms. The molecule has 0 unspecified atom stereocenters. The molecule has 0 amide bonds. The van der Waals surface area contributed by atoms with Crippen LogP contribution < -0.4 is 0 Å². The quantitative estimate of drug-likeness (QED) is 0.753. The Kier molecular flexibility index (Phi) is 4.33. The fourth-order valence-electron chi connectivity index (χ4n) is 2.13. The zero-order chi connectivity index (χ0) is 13.0. The molecule has 4 heteroatoms. The third kappa shape index (κ3) is 3.31. The summed E-state index contributed by atoms with van der Waals surface area (Å²) in [6.07, 6.45) is 0. The van der Waals surface area contributed by atoms with Crippen molar-refractivity contribution in [1.29, 1.82) is 0 Å². The van der Waals surface area contributed by atoms with Crippen LogP contribution in [0.3, 0.4) is 0 Å². The van der Waals surface area contributed by atoms with E-state index in [9.17, 15) is 4.79 Å². The molecular formula is C14H20N2O2. The highest BCUT2D eigenvalue weighted by atomic mass is 16.5. The Morgan fingerprint density at radius 1 is 1.17 bits per heavy atom. The monoisotopic (exact) mass is 248 g/mol. The van der Waals surface area contributed by atoms with Crippen LogP contribution >= 0.6 is 0 Å². The van der Waals surface area contributed by atoms with Crippen LogP contribution in [0.4, 0.5) is 0 Å². The number of rotatable bonds is 3. The van der Waals surface area contributed by atoms with E-state index >= 15 is 0 Å². The average molecular weight is 248 g/mol. The van der Waals surface area contributed by atoms with Crippen LogP contribution in [0, 0.1) is 0 Å². The molecule has 1 aromatic carbocycles. The maximum Gasteiger partial charge on any atom is 0.337 e. The first-order valence-corrected chi connectivity index (χ1v) is 6.27. The lowest BCUT2D eigenvalue weighted by molar-refractivity contribution is 0.0600. The number of hydrogen-bond donors (Lipinski definition) is 0. The van der Waals surface area contributed by atoms with E-state index in [-0.39, 0.29) is 5.97 Å². The van der Waals surface area contributed by atoms with E-state index in [0.29, 0.717) is 5.56 Å². The van der Waals surface area contributed by atoms with E-state index in [0.717, 1.165) is 32.7 Å². The molecule has 0 atom stereocenters. The van der Waals surface area contributed by atoms with Crippen molar-refractivity contribution >= 4 is 5.97 Å². The second-order valence-electron chi connectivity index (χ2n) is 4.77. The second-order valence-corrected chi connectivity index (χ2v) is 4.77. The Bertz CT molecular complexity index is 395. The number of likely N-dealkylation sites (N-methyl/N-ethyl adjacent to an activating group) is 1. The van der Waals surface area contributed by atoms with Crippen molar-refractivity contribution in [2.75, 3.05) is 40.3 Å². The van der Waals surface area contributed by atoms with Crippen molar-refractivity contribution in [2.45, 2.75) is 6.54 Å². The van der Waals surface area contributed by atoms with Crippen molar-refractivity contribution in [2.24, 2.45) is 0 Å². The summed E-state index contributed by atoms with van der Waals surface area (Å²) in [6.45, 7) is 5.42. The Hall–Kier alpha value is -1.39. The molecule has 1 aliphatic heterocycles. The summed E-state index contributed by atoms with van der Waals surface area (Å²) in [5, 5.41) is 0. The highest BCUT2D eigenvalue weighted by Crippen LogP contribution is 2.10. The molecule has 0 N–H and O–H groups in total. The predicted molar refractivity (Wildman–Crippen MR) is 70.6 cm³/mol. The largest absolute Gasteiger partial charge is 0.465 e. The van der Waals surface area contributed by atoms with Crippen LogP contribution in [0.1, 0.15) is 15.9 Å². The zero-order valence-electron chi connectivity index (χ0n) is 11.1. The minimum absolute atomic E-state index is 0.277. The van der Waals surface area contributed by atoms with Gasteiger partial charge in [0.1, 0.15) is 0 Å². The molecule has 18 heavy (non-hydrogen) atoms. The summed E-state index contributed by atoms with van der Waals surface area (Å²) in [4.78, 5) is 16.1. The summed E-state index contributed by atoms with van der Waals surface area (Å²) in [7, 11) is 3.56. The topological polar surface area (TPSA) is 32.8 Å². The fourth-order valence-corrected chi connectivity index (χ4v) is 2.13. The van der Waals surface area contributed by atoms with Crippen LogP contribution in [0.25, 0.3) is 0 Å². The highest BCUT2D eigenvalue weighted by molar-refractivity contribution is 5.89. The van der Waals surface area contributed by atoms with E-state index in [4.69, 9.17) is 0 Å². The zero-order valence-corrected chi connectivity index (χ0v) is 11.1. The molecule has 1 fully saturated rings. The van der Waals surface area contributed by atoms with Crippen molar-refractivity contribution < 1.29 is 9.53 Å². The van der Waals surface area contributed by atoms with E-state index in [1.807, 2.05) is 24.3 Å². The van der Waals surface area contributed by atoms with Gasteiger partial charge in [-0.15, -0.1) is 0 Å². The third-order valence-corrected chi connectivity index (χ3v) is 3.38. The van der Waals surface area contributed by atoms with Gasteiger partial charge in [-0.25, -0.2) is 4.79 Å². The molecule has 98 valence electrons. The smallest absolute Gasteiger partial charge is 0.337 e. The van der Waals surface area contributed by atoms with Gasteiger partial charge in [0.2, 0.25) is 0 Å². The summed E-state index contributed by atoms with van der Waals surface area (Å²) >= 11 is 0. The van der Waals surface area contributed by atoms with Gasteiger partial charge in [-0.2, -0.15) is 0 Å². The molecule has 0 saturated carbocycles. The van der Waals surface area contributed by atoms with E-state index in [2.05, 4.69) is 21.6 Å². The molecule has 0 aromatic heterocycles. The molecule has 0 aliphatic carbocycles. The van der Waals surface area contributed by atoms with Gasteiger partial charge in [0, 0.05) is 32.7 Å². The first-order valence-electron chi connectivity index (χ1n) is 6.27. The molecule has 1 aromatic rings. The second kappa shape index (κ2) is 5.98. The number of benzene rings is 1. The van der Waals surface area contributed by atoms with E-state index in [1.54, 1.807) is 0 Å². The summed E-state index contributed by atoms with van der Waals surface area (Å²) in [6, 6.07) is 7.67. The molecule has 0 radical (unpaired) electrons. The van der Waals surface area contributed by atoms with Crippen LogP contribution in [0.15, 0.2) is 24.3 Å². The molecular weight excluding hydrogens is 228 g/mol. The lowest BCUT2D eigenvalue weighted by Crippen LogP contribution is -2.43. The Labute approximate surface area is 108 Å². The van der Waals surface area contributed by atoms with Crippen LogP contribution in [0.2, 0.25) is 0 Å². The highest BCUT2D eigenvalue weighted by Gasteiger charge is 2.14. The molecule has 4 nitrogen and oxygen atoms in total. The predicted octanol–water partition coefficient (Wildman–Crippen LogP) is 1.22. The number of piperazine rings is 1. The van der Waals surface area contributed by atoms with Crippen molar-refractivity contribution in [3.63, 3.8) is 0 Å². The molecule has 0 bridgehead atoms. The van der Waals surface area contributed by atoms with Gasteiger partial charge in [-0.3, -0.25) is 4.90 Å². The van der Waals surface area contributed by atoms with E-state index in [1.165, 1.54) is 12.7 Å². The number of hydrogen-bond acceptors (Lipinski definition) is 4. The number of nitrogens with zero attached hydrogens (tertiary/aromatic N) is 2. The van der Waals surface area contributed by atoms with Crippen molar-refractivity contribution in [1.82, 2.24) is 9.80 Å². The van der Waals surface area contributed by atoms with Gasteiger partial charge in [-0.05, 0) is 24.7 Å². The van der Waals surface area contributed by atoms with Gasteiger partial charge < -0.3 is 9.64 Å². The summed E-state index contributed by atoms with van der Waals surface area (Å²) < 4.78 is 4.68. The van der Waals surface area contributed by atoms with Crippen molar-refractivity contribution in [3.05, 3.63) is 35.4 Å². The number of carbonyl (C=O) groups excluding carboxylic acids is 1.